The van der Waals surface area contributed by atoms with Crippen molar-refractivity contribution < 1.29 is 9.50 Å². The molecule has 1 atom stereocenters. The molecule has 0 aromatic heterocycles. The van der Waals surface area contributed by atoms with Crippen molar-refractivity contribution in [3.63, 3.8) is 0 Å². The Hall–Kier alpha value is -1.33. The number of guanidine groups is 1. The van der Waals surface area contributed by atoms with Gasteiger partial charge < -0.3 is 15.7 Å². The number of hydrogen-bond donors (Lipinski definition) is 3. The number of aliphatic hydroxyl groups excluding tert-OH is 1. The summed E-state index contributed by atoms with van der Waals surface area (Å²) < 4.78 is 13.1. The van der Waals surface area contributed by atoms with Crippen molar-refractivity contribution in [2.24, 2.45) is 10.9 Å². The summed E-state index contributed by atoms with van der Waals surface area (Å²) in [4.78, 5) is 4.61. The number of nitrogens with zero attached hydrogens (tertiary/aromatic N) is 1. The molecule has 136 valence electrons. The van der Waals surface area contributed by atoms with Gasteiger partial charge in [-0.15, -0.1) is 0 Å². The predicted molar refractivity (Wildman–Crippen MR) is 99.2 cm³/mol. The van der Waals surface area contributed by atoms with Crippen molar-refractivity contribution >= 4 is 17.6 Å². The van der Waals surface area contributed by atoms with E-state index in [1.54, 1.807) is 6.07 Å². The van der Waals surface area contributed by atoms with E-state index in [0.717, 1.165) is 37.3 Å². The van der Waals surface area contributed by atoms with Gasteiger partial charge >= 0.3 is 0 Å². The molecule has 0 saturated carbocycles. The standard InChI is InChI=1S/C18H29ClFN3O/c1-3-5-14(9-11-24)13-23-18(21-4-2)22-10-8-15-6-7-16(20)12-17(15)19/h6-7,12,14,24H,3-5,8-11,13H2,1-2H3,(H2,21,22,23). The second-order valence-corrected chi connectivity index (χ2v) is 6.21. The fourth-order valence-electron chi connectivity index (χ4n) is 2.52. The molecule has 0 saturated heterocycles. The Morgan fingerprint density at radius 3 is 2.71 bits per heavy atom. The number of benzene rings is 1. The molecule has 3 N–H and O–H groups in total. The lowest BCUT2D eigenvalue weighted by Crippen LogP contribution is -2.38. The van der Waals surface area contributed by atoms with Crippen LogP contribution in [0.5, 0.6) is 0 Å². The van der Waals surface area contributed by atoms with Crippen LogP contribution in [0.1, 0.15) is 38.7 Å². The fraction of sp³-hybridized carbons (Fsp3) is 0.611. The van der Waals surface area contributed by atoms with E-state index in [2.05, 4.69) is 22.5 Å². The molecule has 1 rings (SSSR count). The zero-order chi connectivity index (χ0) is 17.8. The first-order chi connectivity index (χ1) is 11.6. The lowest BCUT2D eigenvalue weighted by atomic mass is 10.0. The van der Waals surface area contributed by atoms with Gasteiger partial charge in [-0.1, -0.05) is 31.0 Å². The predicted octanol–water partition coefficient (Wildman–Crippen LogP) is 3.38. The zero-order valence-electron chi connectivity index (χ0n) is 14.6. The largest absolute Gasteiger partial charge is 0.396 e. The van der Waals surface area contributed by atoms with E-state index in [-0.39, 0.29) is 12.4 Å². The molecule has 1 aromatic rings. The zero-order valence-corrected chi connectivity index (χ0v) is 15.4. The summed E-state index contributed by atoms with van der Waals surface area (Å²) in [5.41, 5.74) is 0.908. The molecular formula is C18H29ClFN3O. The number of aliphatic imine (C=N–C) groups is 1. The van der Waals surface area contributed by atoms with Crippen molar-refractivity contribution in [3.8, 4) is 0 Å². The van der Waals surface area contributed by atoms with Gasteiger partial charge in [0.25, 0.3) is 0 Å². The average molecular weight is 358 g/mol. The Morgan fingerprint density at radius 2 is 2.08 bits per heavy atom. The van der Waals surface area contributed by atoms with Gasteiger partial charge in [0.1, 0.15) is 5.82 Å². The van der Waals surface area contributed by atoms with E-state index in [0.29, 0.717) is 30.5 Å². The highest BCUT2D eigenvalue weighted by atomic mass is 35.5. The number of rotatable bonds is 10. The van der Waals surface area contributed by atoms with Crippen LogP contribution >= 0.6 is 11.6 Å². The molecule has 0 spiro atoms. The maximum absolute atomic E-state index is 13.1. The quantitative estimate of drug-likeness (QED) is 0.444. The molecule has 6 heteroatoms. The van der Waals surface area contributed by atoms with Gasteiger partial charge in [-0.25, -0.2) is 4.39 Å². The summed E-state index contributed by atoms with van der Waals surface area (Å²) in [7, 11) is 0. The van der Waals surface area contributed by atoms with Crippen LogP contribution in [-0.4, -0.2) is 37.3 Å². The maximum atomic E-state index is 13.1. The summed E-state index contributed by atoms with van der Waals surface area (Å²) in [6, 6.07) is 4.47. The topological polar surface area (TPSA) is 56.7 Å². The van der Waals surface area contributed by atoms with Crippen LogP contribution in [0.3, 0.4) is 0 Å². The van der Waals surface area contributed by atoms with Gasteiger partial charge in [-0.05, 0) is 49.8 Å². The summed E-state index contributed by atoms with van der Waals surface area (Å²) >= 11 is 6.04. The van der Waals surface area contributed by atoms with E-state index < -0.39 is 0 Å². The fourth-order valence-corrected chi connectivity index (χ4v) is 2.78. The lowest BCUT2D eigenvalue weighted by Gasteiger charge is -2.15. The van der Waals surface area contributed by atoms with Gasteiger partial charge in [-0.2, -0.15) is 0 Å². The van der Waals surface area contributed by atoms with Gasteiger partial charge in [0, 0.05) is 31.3 Å². The van der Waals surface area contributed by atoms with Gasteiger partial charge in [0.05, 0.1) is 0 Å². The van der Waals surface area contributed by atoms with Gasteiger partial charge in [-0.3, -0.25) is 4.99 Å². The van der Waals surface area contributed by atoms with Crippen LogP contribution in [-0.2, 0) is 6.42 Å². The van der Waals surface area contributed by atoms with Crippen LogP contribution in [0, 0.1) is 11.7 Å². The molecule has 0 radical (unpaired) electrons. The van der Waals surface area contributed by atoms with Crippen molar-refractivity contribution in [1.29, 1.82) is 0 Å². The minimum absolute atomic E-state index is 0.202. The first kappa shape index (κ1) is 20.7. The lowest BCUT2D eigenvalue weighted by molar-refractivity contribution is 0.253. The first-order valence-corrected chi connectivity index (χ1v) is 9.05. The molecule has 24 heavy (non-hydrogen) atoms. The molecule has 0 aliphatic carbocycles. The Kier molecular flexibility index (Phi) is 10.4. The number of halogens is 2. The average Bonchev–Trinajstić information content (AvgIpc) is 2.54. The third-order valence-electron chi connectivity index (χ3n) is 3.79. The first-order valence-electron chi connectivity index (χ1n) is 8.67. The second-order valence-electron chi connectivity index (χ2n) is 5.80. The Morgan fingerprint density at radius 1 is 1.29 bits per heavy atom. The Balaban J connectivity index is 2.53. The molecule has 0 aliphatic rings. The highest BCUT2D eigenvalue weighted by Crippen LogP contribution is 2.17. The molecular weight excluding hydrogens is 329 g/mol. The molecule has 0 bridgehead atoms. The Bertz CT molecular complexity index is 505. The third-order valence-corrected chi connectivity index (χ3v) is 4.14. The summed E-state index contributed by atoms with van der Waals surface area (Å²) in [5.74, 6) is 0.842. The monoisotopic (exact) mass is 357 g/mol. The molecule has 0 fully saturated rings. The minimum Gasteiger partial charge on any atom is -0.396 e. The number of nitrogens with one attached hydrogen (secondary N) is 2. The summed E-state index contributed by atoms with van der Waals surface area (Å²) in [6.07, 6.45) is 3.63. The smallest absolute Gasteiger partial charge is 0.191 e. The number of hydrogen-bond acceptors (Lipinski definition) is 2. The highest BCUT2D eigenvalue weighted by molar-refractivity contribution is 6.31. The van der Waals surface area contributed by atoms with Crippen molar-refractivity contribution in [1.82, 2.24) is 10.6 Å². The molecule has 0 amide bonds. The summed E-state index contributed by atoms with van der Waals surface area (Å²) in [6.45, 7) is 6.50. The van der Waals surface area contributed by atoms with Crippen molar-refractivity contribution in [2.45, 2.75) is 39.5 Å². The Labute approximate surface area is 149 Å². The molecule has 0 aliphatic heterocycles. The van der Waals surface area contributed by atoms with E-state index in [1.807, 2.05) is 6.92 Å². The molecule has 0 heterocycles. The van der Waals surface area contributed by atoms with Gasteiger partial charge in [0.15, 0.2) is 5.96 Å². The van der Waals surface area contributed by atoms with Crippen LogP contribution < -0.4 is 10.6 Å². The minimum atomic E-state index is -0.322. The van der Waals surface area contributed by atoms with E-state index in [4.69, 9.17) is 16.7 Å². The SMILES string of the molecule is CCCC(CCO)CN=C(NCC)NCCc1ccc(F)cc1Cl. The van der Waals surface area contributed by atoms with Crippen LogP contribution in [0.2, 0.25) is 5.02 Å². The molecule has 4 nitrogen and oxygen atoms in total. The van der Waals surface area contributed by atoms with Gasteiger partial charge in [0.2, 0.25) is 0 Å². The maximum Gasteiger partial charge on any atom is 0.191 e. The van der Waals surface area contributed by atoms with Crippen molar-refractivity contribution in [2.75, 3.05) is 26.2 Å². The van der Waals surface area contributed by atoms with Crippen LogP contribution in [0.4, 0.5) is 4.39 Å². The molecule has 1 unspecified atom stereocenters. The molecule has 1 aromatic carbocycles. The van der Waals surface area contributed by atoms with Crippen LogP contribution in [0.25, 0.3) is 0 Å². The third kappa shape index (κ3) is 7.97. The second kappa shape index (κ2) is 12.1. The summed E-state index contributed by atoms with van der Waals surface area (Å²) in [5, 5.41) is 16.1. The van der Waals surface area contributed by atoms with Crippen LogP contribution in [0.15, 0.2) is 23.2 Å². The van der Waals surface area contributed by atoms with E-state index in [1.165, 1.54) is 12.1 Å². The number of aliphatic hydroxyl groups is 1. The highest BCUT2D eigenvalue weighted by Gasteiger charge is 2.07. The van der Waals surface area contributed by atoms with E-state index >= 15 is 0 Å². The van der Waals surface area contributed by atoms with Crippen molar-refractivity contribution in [3.05, 3.63) is 34.6 Å². The normalized spacial score (nSPS) is 13.0. The van der Waals surface area contributed by atoms with E-state index in [9.17, 15) is 4.39 Å².